The molecule has 1 saturated heterocycles. The molecule has 5 nitrogen and oxygen atoms in total. The summed E-state index contributed by atoms with van der Waals surface area (Å²) in [6.07, 6.45) is 2.66. The molecule has 6 heteroatoms. The van der Waals surface area contributed by atoms with E-state index in [1.807, 2.05) is 25.7 Å². The molecule has 1 amide bonds. The van der Waals surface area contributed by atoms with Gasteiger partial charge in [-0.15, -0.1) is 12.4 Å². The number of aryl methyl sites for hydroxylation is 2. The van der Waals surface area contributed by atoms with E-state index >= 15 is 0 Å². The van der Waals surface area contributed by atoms with Crippen molar-refractivity contribution in [2.45, 2.75) is 46.1 Å². The van der Waals surface area contributed by atoms with Gasteiger partial charge in [-0.1, -0.05) is 12.1 Å². The monoisotopic (exact) mass is 301 g/mol. The summed E-state index contributed by atoms with van der Waals surface area (Å²) < 4.78 is 5.20. The Hall–Kier alpha value is -1.07. The van der Waals surface area contributed by atoms with Crippen LogP contribution in [0.1, 0.15) is 48.5 Å². The van der Waals surface area contributed by atoms with Crippen molar-refractivity contribution >= 4 is 18.3 Å². The molecule has 0 aromatic carbocycles. The van der Waals surface area contributed by atoms with Crippen LogP contribution in [0.4, 0.5) is 0 Å². The second-order valence-electron chi connectivity index (χ2n) is 5.41. The summed E-state index contributed by atoms with van der Waals surface area (Å²) in [6, 6.07) is 0.209. The maximum atomic E-state index is 12.5. The van der Waals surface area contributed by atoms with Crippen LogP contribution in [0.25, 0.3) is 0 Å². The molecule has 1 atom stereocenters. The van der Waals surface area contributed by atoms with E-state index in [4.69, 9.17) is 10.3 Å². The van der Waals surface area contributed by atoms with E-state index < -0.39 is 0 Å². The maximum absolute atomic E-state index is 12.5. The van der Waals surface area contributed by atoms with Crippen molar-refractivity contribution in [1.29, 1.82) is 0 Å². The molecule has 0 bridgehead atoms. The van der Waals surface area contributed by atoms with Crippen LogP contribution in [0.3, 0.4) is 0 Å². The maximum Gasteiger partial charge on any atom is 0.259 e. The summed E-state index contributed by atoms with van der Waals surface area (Å²) in [5.41, 5.74) is 7.27. The summed E-state index contributed by atoms with van der Waals surface area (Å²) in [7, 11) is 0. The Bertz CT molecular complexity index is 451. The molecule has 2 N–H and O–H groups in total. The predicted octanol–water partition coefficient (Wildman–Crippen LogP) is 2.17. The zero-order valence-electron chi connectivity index (χ0n) is 12.4. The lowest BCUT2D eigenvalue weighted by atomic mass is 9.90. The first-order valence-corrected chi connectivity index (χ1v) is 7.04. The molecular weight excluding hydrogens is 278 g/mol. The highest BCUT2D eigenvalue weighted by Crippen LogP contribution is 2.23. The van der Waals surface area contributed by atoms with Crippen LogP contribution in [0, 0.1) is 12.8 Å². The molecule has 1 aromatic heterocycles. The van der Waals surface area contributed by atoms with Crippen molar-refractivity contribution in [3.05, 3.63) is 17.0 Å². The van der Waals surface area contributed by atoms with Crippen molar-refractivity contribution in [2.24, 2.45) is 11.7 Å². The summed E-state index contributed by atoms with van der Waals surface area (Å²) in [4.78, 5) is 14.4. The molecule has 2 rings (SSSR count). The zero-order valence-corrected chi connectivity index (χ0v) is 13.2. The van der Waals surface area contributed by atoms with Gasteiger partial charge in [0.1, 0.15) is 11.3 Å². The third kappa shape index (κ3) is 3.33. The number of nitrogens with zero attached hydrogens (tertiary/aromatic N) is 2. The van der Waals surface area contributed by atoms with Gasteiger partial charge in [0.2, 0.25) is 0 Å². The summed E-state index contributed by atoms with van der Waals surface area (Å²) >= 11 is 0. The Morgan fingerprint density at radius 1 is 1.50 bits per heavy atom. The number of halogens is 1. The van der Waals surface area contributed by atoms with Gasteiger partial charge >= 0.3 is 0 Å². The fourth-order valence-corrected chi connectivity index (χ4v) is 2.72. The van der Waals surface area contributed by atoms with E-state index in [9.17, 15) is 4.79 Å². The fraction of sp³-hybridized carbons (Fsp3) is 0.714. The van der Waals surface area contributed by atoms with Gasteiger partial charge in [0.15, 0.2) is 0 Å². The third-order valence-corrected chi connectivity index (χ3v) is 4.04. The first-order chi connectivity index (χ1) is 9.04. The Labute approximate surface area is 126 Å². The topological polar surface area (TPSA) is 72.4 Å². The minimum atomic E-state index is 0. The number of aromatic nitrogens is 1. The average molecular weight is 302 g/mol. The van der Waals surface area contributed by atoms with Crippen molar-refractivity contribution in [2.75, 3.05) is 13.1 Å². The highest BCUT2D eigenvalue weighted by molar-refractivity contribution is 5.96. The largest absolute Gasteiger partial charge is 0.360 e. The number of piperidine rings is 1. The number of carbonyl (C=O) groups excluding carboxylic acids is 1. The number of likely N-dealkylation sites (tertiary alicyclic amines) is 1. The van der Waals surface area contributed by atoms with E-state index in [1.54, 1.807) is 0 Å². The average Bonchev–Trinajstić information content (AvgIpc) is 2.79. The molecule has 0 spiro atoms. The lowest BCUT2D eigenvalue weighted by molar-refractivity contribution is 0.0678. The molecule has 1 unspecified atom stereocenters. The van der Waals surface area contributed by atoms with Crippen molar-refractivity contribution < 1.29 is 9.32 Å². The number of carbonyl (C=O) groups is 1. The molecular formula is C14H24ClN3O2. The Morgan fingerprint density at radius 3 is 2.60 bits per heavy atom. The number of hydrogen-bond donors (Lipinski definition) is 1. The van der Waals surface area contributed by atoms with Crippen molar-refractivity contribution in [1.82, 2.24) is 10.1 Å². The van der Waals surface area contributed by atoms with E-state index in [-0.39, 0.29) is 24.4 Å². The van der Waals surface area contributed by atoms with Gasteiger partial charge in [-0.2, -0.15) is 0 Å². The molecule has 1 aliphatic heterocycles. The zero-order chi connectivity index (χ0) is 14.0. The highest BCUT2D eigenvalue weighted by atomic mass is 35.5. The molecule has 1 fully saturated rings. The highest BCUT2D eigenvalue weighted by Gasteiger charge is 2.29. The lowest BCUT2D eigenvalue weighted by Gasteiger charge is -2.33. The Kier molecular flexibility index (Phi) is 6.02. The number of hydrogen-bond acceptors (Lipinski definition) is 4. The van der Waals surface area contributed by atoms with E-state index in [2.05, 4.69) is 5.16 Å². The minimum Gasteiger partial charge on any atom is -0.360 e. The van der Waals surface area contributed by atoms with Gasteiger partial charge in [-0.3, -0.25) is 4.79 Å². The Morgan fingerprint density at radius 2 is 2.10 bits per heavy atom. The molecule has 0 radical (unpaired) electrons. The van der Waals surface area contributed by atoms with Gasteiger partial charge in [0, 0.05) is 25.6 Å². The van der Waals surface area contributed by atoms with Crippen LogP contribution >= 0.6 is 12.4 Å². The van der Waals surface area contributed by atoms with Crippen LogP contribution in [-0.2, 0) is 6.42 Å². The standard InChI is InChI=1S/C14H23N3O2.ClH/c1-4-12-13(10(3)16-19-12)14(18)17-7-5-11(6-8-17)9(2)15;/h9,11H,4-8,15H2,1-3H3;1H. The summed E-state index contributed by atoms with van der Waals surface area (Å²) in [5.74, 6) is 1.27. The van der Waals surface area contributed by atoms with Gasteiger partial charge in [-0.05, 0) is 32.6 Å². The van der Waals surface area contributed by atoms with Gasteiger partial charge < -0.3 is 15.2 Å². The van der Waals surface area contributed by atoms with Crippen LogP contribution in [0.2, 0.25) is 0 Å². The molecule has 0 saturated carbocycles. The first-order valence-electron chi connectivity index (χ1n) is 7.04. The van der Waals surface area contributed by atoms with Gasteiger partial charge in [0.25, 0.3) is 5.91 Å². The second-order valence-corrected chi connectivity index (χ2v) is 5.41. The van der Waals surface area contributed by atoms with E-state index in [0.29, 0.717) is 29.4 Å². The number of amides is 1. The molecule has 1 aromatic rings. The van der Waals surface area contributed by atoms with Crippen LogP contribution < -0.4 is 5.73 Å². The number of rotatable bonds is 3. The van der Waals surface area contributed by atoms with Crippen LogP contribution in [0.5, 0.6) is 0 Å². The van der Waals surface area contributed by atoms with E-state index in [1.165, 1.54) is 0 Å². The van der Waals surface area contributed by atoms with Crippen LogP contribution in [0.15, 0.2) is 4.52 Å². The van der Waals surface area contributed by atoms with Crippen LogP contribution in [-0.4, -0.2) is 35.1 Å². The second kappa shape index (κ2) is 7.09. The minimum absolute atomic E-state index is 0. The molecule has 1 aliphatic rings. The first kappa shape index (κ1) is 17.0. The fourth-order valence-electron chi connectivity index (χ4n) is 2.72. The predicted molar refractivity (Wildman–Crippen MR) is 80.1 cm³/mol. The summed E-state index contributed by atoms with van der Waals surface area (Å²) in [5, 5.41) is 3.90. The lowest BCUT2D eigenvalue weighted by Crippen LogP contribution is -2.42. The quantitative estimate of drug-likeness (QED) is 0.928. The summed E-state index contributed by atoms with van der Waals surface area (Å²) in [6.45, 7) is 7.39. The smallest absolute Gasteiger partial charge is 0.259 e. The SMILES string of the molecule is CCc1onc(C)c1C(=O)N1CCC(C(C)N)CC1.Cl. The number of nitrogens with two attached hydrogens (primary N) is 1. The van der Waals surface area contributed by atoms with Gasteiger partial charge in [0.05, 0.1) is 5.69 Å². The normalized spacial score (nSPS) is 17.7. The third-order valence-electron chi connectivity index (χ3n) is 4.04. The molecule has 114 valence electrons. The molecule has 0 aliphatic carbocycles. The van der Waals surface area contributed by atoms with E-state index in [0.717, 1.165) is 25.9 Å². The Balaban J connectivity index is 0.00000200. The van der Waals surface area contributed by atoms with Crippen molar-refractivity contribution in [3.8, 4) is 0 Å². The van der Waals surface area contributed by atoms with Gasteiger partial charge in [-0.25, -0.2) is 0 Å². The molecule has 2 heterocycles. The van der Waals surface area contributed by atoms with Crippen molar-refractivity contribution in [3.63, 3.8) is 0 Å². The molecule has 20 heavy (non-hydrogen) atoms.